The maximum Gasteiger partial charge on any atom is 0.251 e. The van der Waals surface area contributed by atoms with Crippen LogP contribution in [0.4, 0.5) is 5.82 Å². The first-order valence-electron chi connectivity index (χ1n) is 9.92. The number of nitrogens with zero attached hydrogens (tertiary/aromatic N) is 2. The first-order valence-corrected chi connectivity index (χ1v) is 9.92. The first kappa shape index (κ1) is 19.7. The smallest absolute Gasteiger partial charge is 0.251 e. The molecule has 1 aromatic heterocycles. The first-order chi connectivity index (χ1) is 14.6. The van der Waals surface area contributed by atoms with Crippen LogP contribution in [0.3, 0.4) is 0 Å². The number of carbonyl (C=O) groups excluding carboxylic acids is 2. The Morgan fingerprint density at radius 2 is 1.90 bits per heavy atom. The van der Waals surface area contributed by atoms with E-state index in [9.17, 15) is 9.59 Å². The second-order valence-electron chi connectivity index (χ2n) is 7.28. The van der Waals surface area contributed by atoms with Gasteiger partial charge in [0.25, 0.3) is 5.91 Å². The molecule has 30 heavy (non-hydrogen) atoms. The molecular formula is C23H24N4O3. The minimum absolute atomic E-state index is 0.0524. The maximum absolute atomic E-state index is 12.5. The number of nitrogens with one attached hydrogen (secondary N) is 2. The summed E-state index contributed by atoms with van der Waals surface area (Å²) in [6, 6.07) is 16.9. The molecule has 0 aliphatic carbocycles. The summed E-state index contributed by atoms with van der Waals surface area (Å²) in [6.07, 6.45) is 0.800. The highest BCUT2D eigenvalue weighted by atomic mass is 16.5. The van der Waals surface area contributed by atoms with Crippen molar-refractivity contribution >= 4 is 17.6 Å². The van der Waals surface area contributed by atoms with Gasteiger partial charge in [-0.05, 0) is 36.6 Å². The summed E-state index contributed by atoms with van der Waals surface area (Å²) < 4.78 is 6.85. The molecular weight excluding hydrogens is 380 g/mol. The number of aromatic nitrogens is 2. The normalized spacial score (nSPS) is 14.9. The summed E-state index contributed by atoms with van der Waals surface area (Å²) in [5, 5.41) is 10.3. The SMILES string of the molecule is COc1ccc(-c2c(C)nn3c2NC(=O)C3CC(=O)NCCc2ccccc2)cc1. The summed E-state index contributed by atoms with van der Waals surface area (Å²) in [7, 11) is 1.62. The fourth-order valence-electron chi connectivity index (χ4n) is 3.73. The summed E-state index contributed by atoms with van der Waals surface area (Å²) in [6.45, 7) is 2.42. The number of methoxy groups -OCH3 is 1. The van der Waals surface area contributed by atoms with E-state index in [-0.39, 0.29) is 18.2 Å². The molecule has 0 bridgehead atoms. The number of hydrogen-bond acceptors (Lipinski definition) is 4. The van der Waals surface area contributed by atoms with E-state index in [0.29, 0.717) is 12.4 Å². The lowest BCUT2D eigenvalue weighted by atomic mass is 10.1. The van der Waals surface area contributed by atoms with Crippen LogP contribution in [0.25, 0.3) is 11.1 Å². The molecule has 0 radical (unpaired) electrons. The lowest BCUT2D eigenvalue weighted by Gasteiger charge is -2.10. The Balaban J connectivity index is 1.45. The van der Waals surface area contributed by atoms with Gasteiger partial charge in [-0.2, -0.15) is 5.10 Å². The van der Waals surface area contributed by atoms with E-state index >= 15 is 0 Å². The van der Waals surface area contributed by atoms with E-state index < -0.39 is 6.04 Å². The molecule has 1 aliphatic heterocycles. The number of benzene rings is 2. The molecule has 2 aromatic carbocycles. The van der Waals surface area contributed by atoms with Crippen LogP contribution in [0.15, 0.2) is 54.6 Å². The van der Waals surface area contributed by atoms with E-state index in [4.69, 9.17) is 4.74 Å². The van der Waals surface area contributed by atoms with Gasteiger partial charge in [-0.1, -0.05) is 42.5 Å². The van der Waals surface area contributed by atoms with Gasteiger partial charge < -0.3 is 15.4 Å². The number of rotatable bonds is 7. The standard InChI is InChI=1S/C23H24N4O3/c1-15-21(17-8-10-18(30-2)11-9-17)22-25-23(29)19(27(22)26-15)14-20(28)24-13-12-16-6-4-3-5-7-16/h3-11,19H,12-14H2,1-2H3,(H,24,28)(H,25,29). The molecule has 2 amide bonds. The van der Waals surface area contributed by atoms with Crippen molar-refractivity contribution in [1.82, 2.24) is 15.1 Å². The van der Waals surface area contributed by atoms with Crippen molar-refractivity contribution in [1.29, 1.82) is 0 Å². The van der Waals surface area contributed by atoms with Crippen LogP contribution in [0.2, 0.25) is 0 Å². The Bertz CT molecular complexity index is 1060. The number of hydrogen-bond donors (Lipinski definition) is 2. The number of anilines is 1. The highest BCUT2D eigenvalue weighted by Gasteiger charge is 2.36. The van der Waals surface area contributed by atoms with E-state index in [1.54, 1.807) is 11.8 Å². The zero-order chi connectivity index (χ0) is 21.1. The van der Waals surface area contributed by atoms with Crippen LogP contribution in [0.5, 0.6) is 5.75 Å². The Morgan fingerprint density at radius 3 is 2.60 bits per heavy atom. The largest absolute Gasteiger partial charge is 0.497 e. The Kier molecular flexibility index (Phi) is 5.52. The molecule has 154 valence electrons. The summed E-state index contributed by atoms with van der Waals surface area (Å²) >= 11 is 0. The van der Waals surface area contributed by atoms with Crippen LogP contribution < -0.4 is 15.4 Å². The van der Waals surface area contributed by atoms with Crippen molar-refractivity contribution in [2.24, 2.45) is 0 Å². The average molecular weight is 404 g/mol. The minimum atomic E-state index is -0.651. The Morgan fingerprint density at radius 1 is 1.17 bits per heavy atom. The molecule has 7 heteroatoms. The monoisotopic (exact) mass is 404 g/mol. The van der Waals surface area contributed by atoms with Crippen LogP contribution >= 0.6 is 0 Å². The van der Waals surface area contributed by atoms with E-state index in [0.717, 1.165) is 34.6 Å². The molecule has 1 unspecified atom stereocenters. The van der Waals surface area contributed by atoms with Crippen molar-refractivity contribution in [2.75, 3.05) is 19.0 Å². The van der Waals surface area contributed by atoms with Crippen LogP contribution in [0.1, 0.15) is 23.7 Å². The van der Waals surface area contributed by atoms with Crippen molar-refractivity contribution < 1.29 is 14.3 Å². The molecule has 0 saturated carbocycles. The molecule has 4 rings (SSSR count). The van der Waals surface area contributed by atoms with Crippen LogP contribution in [-0.2, 0) is 16.0 Å². The lowest BCUT2D eigenvalue weighted by molar-refractivity contribution is -0.126. The molecule has 0 spiro atoms. The van der Waals surface area contributed by atoms with Gasteiger partial charge >= 0.3 is 0 Å². The second kappa shape index (κ2) is 8.41. The average Bonchev–Trinajstić information content (AvgIpc) is 3.22. The quantitative estimate of drug-likeness (QED) is 0.634. The Hall–Kier alpha value is -3.61. The molecule has 2 N–H and O–H groups in total. The highest BCUT2D eigenvalue weighted by Crippen LogP contribution is 2.38. The number of fused-ring (bicyclic) bond motifs is 1. The van der Waals surface area contributed by atoms with Crippen molar-refractivity contribution in [2.45, 2.75) is 25.8 Å². The lowest BCUT2D eigenvalue weighted by Crippen LogP contribution is -2.30. The molecule has 7 nitrogen and oxygen atoms in total. The topological polar surface area (TPSA) is 85.2 Å². The summed E-state index contributed by atoms with van der Waals surface area (Å²) in [5.74, 6) is 1.00. The van der Waals surface area contributed by atoms with Gasteiger partial charge in [-0.15, -0.1) is 0 Å². The van der Waals surface area contributed by atoms with Crippen LogP contribution in [-0.4, -0.2) is 35.2 Å². The zero-order valence-corrected chi connectivity index (χ0v) is 17.0. The van der Waals surface area contributed by atoms with E-state index in [2.05, 4.69) is 15.7 Å². The van der Waals surface area contributed by atoms with Gasteiger partial charge in [0.05, 0.1) is 19.2 Å². The third kappa shape index (κ3) is 3.91. The van der Waals surface area contributed by atoms with Crippen molar-refractivity contribution in [3.8, 4) is 16.9 Å². The third-order valence-electron chi connectivity index (χ3n) is 5.26. The van der Waals surface area contributed by atoms with Gasteiger partial charge in [0.2, 0.25) is 5.91 Å². The zero-order valence-electron chi connectivity index (χ0n) is 17.0. The van der Waals surface area contributed by atoms with Crippen molar-refractivity contribution in [3.63, 3.8) is 0 Å². The second-order valence-corrected chi connectivity index (χ2v) is 7.28. The van der Waals surface area contributed by atoms with Gasteiger partial charge in [-0.25, -0.2) is 4.68 Å². The molecule has 2 heterocycles. The molecule has 0 saturated heterocycles. The number of carbonyl (C=O) groups is 2. The predicted molar refractivity (Wildman–Crippen MR) is 114 cm³/mol. The summed E-state index contributed by atoms with van der Waals surface area (Å²) in [5.41, 5.74) is 3.75. The predicted octanol–water partition coefficient (Wildman–Crippen LogP) is 3.11. The van der Waals surface area contributed by atoms with E-state index in [1.807, 2.05) is 61.5 Å². The van der Waals surface area contributed by atoms with Gasteiger partial charge in [-0.3, -0.25) is 9.59 Å². The fourth-order valence-corrected chi connectivity index (χ4v) is 3.73. The molecule has 3 aromatic rings. The van der Waals surface area contributed by atoms with E-state index in [1.165, 1.54) is 0 Å². The van der Waals surface area contributed by atoms with Crippen LogP contribution in [0, 0.1) is 6.92 Å². The molecule has 1 atom stereocenters. The minimum Gasteiger partial charge on any atom is -0.497 e. The van der Waals surface area contributed by atoms with Gasteiger partial charge in [0, 0.05) is 12.1 Å². The third-order valence-corrected chi connectivity index (χ3v) is 5.26. The Labute approximate surface area is 175 Å². The number of aryl methyl sites for hydroxylation is 1. The molecule has 0 fully saturated rings. The van der Waals surface area contributed by atoms with Crippen molar-refractivity contribution in [3.05, 3.63) is 65.9 Å². The van der Waals surface area contributed by atoms with Gasteiger partial charge in [0.15, 0.2) is 0 Å². The number of ether oxygens (including phenoxy) is 1. The van der Waals surface area contributed by atoms with Gasteiger partial charge in [0.1, 0.15) is 17.6 Å². The summed E-state index contributed by atoms with van der Waals surface area (Å²) in [4.78, 5) is 25.0. The maximum atomic E-state index is 12.5. The molecule has 1 aliphatic rings. The number of amides is 2. The highest BCUT2D eigenvalue weighted by molar-refractivity contribution is 6.03. The fraction of sp³-hybridized carbons (Fsp3) is 0.261.